The monoisotopic (exact) mass is 429 g/mol. The predicted octanol–water partition coefficient (Wildman–Crippen LogP) is 2.85. The molecule has 2 atom stereocenters. The van der Waals surface area contributed by atoms with Crippen molar-refractivity contribution in [2.75, 3.05) is 25.5 Å². The summed E-state index contributed by atoms with van der Waals surface area (Å²) in [5.74, 6) is 0.821. The molecule has 1 aliphatic rings. The molecular formula is C21H24ClN5O3. The third kappa shape index (κ3) is 4.20. The van der Waals surface area contributed by atoms with Gasteiger partial charge in [0.05, 0.1) is 18.8 Å². The number of amides is 1. The number of hydrogen-bond acceptors (Lipinski definition) is 6. The van der Waals surface area contributed by atoms with Crippen LogP contribution in [0.25, 0.3) is 5.65 Å². The molecule has 158 valence electrons. The van der Waals surface area contributed by atoms with Crippen molar-refractivity contribution in [2.24, 2.45) is 5.92 Å². The lowest BCUT2D eigenvalue weighted by molar-refractivity contribution is 0.0297. The van der Waals surface area contributed by atoms with Crippen LogP contribution >= 0.6 is 11.6 Å². The van der Waals surface area contributed by atoms with Crippen LogP contribution in [0.1, 0.15) is 29.3 Å². The Labute approximate surface area is 179 Å². The van der Waals surface area contributed by atoms with Crippen LogP contribution in [0.3, 0.4) is 0 Å². The number of nitrogens with one attached hydrogen (secondary N) is 1. The molecule has 2 unspecified atom stereocenters. The minimum absolute atomic E-state index is 0.0435. The Morgan fingerprint density at radius 3 is 2.97 bits per heavy atom. The van der Waals surface area contributed by atoms with E-state index in [9.17, 15) is 9.90 Å². The molecule has 8 nitrogen and oxygen atoms in total. The summed E-state index contributed by atoms with van der Waals surface area (Å²) in [6.07, 6.45) is 1.87. The van der Waals surface area contributed by atoms with E-state index in [1.807, 2.05) is 31.2 Å². The first-order valence-electron chi connectivity index (χ1n) is 9.84. The minimum atomic E-state index is -0.366. The second-order valence-corrected chi connectivity index (χ2v) is 8.01. The first-order chi connectivity index (χ1) is 14.4. The van der Waals surface area contributed by atoms with Crippen LogP contribution in [-0.2, 0) is 6.54 Å². The van der Waals surface area contributed by atoms with Crippen molar-refractivity contribution in [2.45, 2.75) is 26.0 Å². The minimum Gasteiger partial charge on any atom is -0.493 e. The molecule has 0 saturated carbocycles. The standard InChI is InChI=1S/C21H24ClN5O3/c1-13-11-26(7-6-17(13)28)20(29)15-9-18(30-2)19-24-21(25-27(19)12-15)23-10-14-4-3-5-16(22)8-14/h3-5,8-9,12-13,17,28H,6-7,10-11H2,1-2H3,(H,23,25). The maximum Gasteiger partial charge on any atom is 0.255 e. The Hall–Kier alpha value is -2.84. The van der Waals surface area contributed by atoms with E-state index in [2.05, 4.69) is 15.4 Å². The molecule has 9 heteroatoms. The lowest BCUT2D eigenvalue weighted by atomic mass is 9.96. The predicted molar refractivity (Wildman–Crippen MR) is 114 cm³/mol. The molecule has 0 radical (unpaired) electrons. The first-order valence-corrected chi connectivity index (χ1v) is 10.2. The number of anilines is 1. The lowest BCUT2D eigenvalue weighted by Crippen LogP contribution is -2.45. The van der Waals surface area contributed by atoms with Crippen molar-refractivity contribution in [3.63, 3.8) is 0 Å². The lowest BCUT2D eigenvalue weighted by Gasteiger charge is -2.34. The van der Waals surface area contributed by atoms with Crippen LogP contribution in [0.5, 0.6) is 5.75 Å². The van der Waals surface area contributed by atoms with Gasteiger partial charge in [-0.1, -0.05) is 30.7 Å². The third-order valence-corrected chi connectivity index (χ3v) is 5.59. The van der Waals surface area contributed by atoms with Gasteiger partial charge >= 0.3 is 0 Å². The normalized spacial score (nSPS) is 19.1. The smallest absolute Gasteiger partial charge is 0.255 e. The maximum absolute atomic E-state index is 13.0. The van der Waals surface area contributed by atoms with Crippen molar-refractivity contribution in [3.05, 3.63) is 52.7 Å². The molecule has 1 saturated heterocycles. The highest BCUT2D eigenvalue weighted by Crippen LogP contribution is 2.24. The maximum atomic E-state index is 13.0. The van der Waals surface area contributed by atoms with E-state index in [0.29, 0.717) is 54.0 Å². The molecule has 2 N–H and O–H groups in total. The molecule has 2 aromatic heterocycles. The van der Waals surface area contributed by atoms with Crippen LogP contribution in [-0.4, -0.2) is 56.8 Å². The molecule has 3 aromatic rings. The van der Waals surface area contributed by atoms with Gasteiger partial charge < -0.3 is 20.1 Å². The van der Waals surface area contributed by atoms with Crippen molar-refractivity contribution in [1.82, 2.24) is 19.5 Å². The van der Waals surface area contributed by atoms with Gasteiger partial charge in [-0.15, -0.1) is 5.10 Å². The number of aliphatic hydroxyl groups is 1. The Kier molecular flexibility index (Phi) is 5.78. The number of hydrogen-bond donors (Lipinski definition) is 2. The number of aromatic nitrogens is 3. The van der Waals surface area contributed by atoms with E-state index >= 15 is 0 Å². The third-order valence-electron chi connectivity index (χ3n) is 5.35. The molecule has 1 aliphatic heterocycles. The van der Waals surface area contributed by atoms with Crippen molar-refractivity contribution in [1.29, 1.82) is 0 Å². The van der Waals surface area contributed by atoms with Crippen LogP contribution < -0.4 is 10.1 Å². The zero-order chi connectivity index (χ0) is 21.3. The second kappa shape index (κ2) is 8.49. The number of pyridine rings is 1. The summed E-state index contributed by atoms with van der Waals surface area (Å²) in [6.45, 7) is 3.50. The van der Waals surface area contributed by atoms with Crippen LogP contribution in [0.4, 0.5) is 5.95 Å². The fourth-order valence-corrected chi connectivity index (χ4v) is 3.84. The highest BCUT2D eigenvalue weighted by Gasteiger charge is 2.28. The number of likely N-dealkylation sites (tertiary alicyclic amines) is 1. The van der Waals surface area contributed by atoms with Gasteiger partial charge in [0, 0.05) is 30.9 Å². The molecule has 0 spiro atoms. The fourth-order valence-electron chi connectivity index (χ4n) is 3.63. The largest absolute Gasteiger partial charge is 0.493 e. The van der Waals surface area contributed by atoms with Gasteiger partial charge in [-0.2, -0.15) is 4.98 Å². The molecule has 1 fully saturated rings. The van der Waals surface area contributed by atoms with Crippen molar-refractivity contribution >= 4 is 29.1 Å². The zero-order valence-corrected chi connectivity index (χ0v) is 17.6. The molecule has 1 amide bonds. The summed E-state index contributed by atoms with van der Waals surface area (Å²) >= 11 is 6.03. The SMILES string of the molecule is COc1cc(C(=O)N2CCC(O)C(C)C2)cn2nc(NCc3cccc(Cl)c3)nc12. The van der Waals surface area contributed by atoms with Gasteiger partial charge in [-0.25, -0.2) is 4.52 Å². The molecular weight excluding hydrogens is 406 g/mol. The summed E-state index contributed by atoms with van der Waals surface area (Å²) in [6, 6.07) is 9.23. The topological polar surface area (TPSA) is 92.0 Å². The highest BCUT2D eigenvalue weighted by atomic mass is 35.5. The summed E-state index contributed by atoms with van der Waals surface area (Å²) in [5, 5.41) is 18.2. The Morgan fingerprint density at radius 1 is 1.40 bits per heavy atom. The summed E-state index contributed by atoms with van der Waals surface area (Å²) < 4.78 is 7.01. The van der Waals surface area contributed by atoms with Gasteiger partial charge in [-0.05, 0) is 36.1 Å². The number of rotatable bonds is 5. The van der Waals surface area contributed by atoms with E-state index in [4.69, 9.17) is 16.3 Å². The Balaban J connectivity index is 1.56. The van der Waals surface area contributed by atoms with E-state index < -0.39 is 0 Å². The summed E-state index contributed by atoms with van der Waals surface area (Å²) in [5.41, 5.74) is 1.99. The number of carbonyl (C=O) groups is 1. The highest BCUT2D eigenvalue weighted by molar-refractivity contribution is 6.30. The van der Waals surface area contributed by atoms with Crippen LogP contribution in [0.2, 0.25) is 5.02 Å². The molecule has 0 bridgehead atoms. The molecule has 0 aliphatic carbocycles. The number of halogens is 1. The van der Waals surface area contributed by atoms with Crippen molar-refractivity contribution < 1.29 is 14.6 Å². The molecule has 3 heterocycles. The number of nitrogens with zero attached hydrogens (tertiary/aromatic N) is 4. The van der Waals surface area contributed by atoms with Gasteiger partial charge in [0.2, 0.25) is 5.95 Å². The number of ether oxygens (including phenoxy) is 1. The van der Waals surface area contributed by atoms with E-state index in [0.717, 1.165) is 5.56 Å². The van der Waals surface area contributed by atoms with Crippen LogP contribution in [0, 0.1) is 5.92 Å². The number of aliphatic hydroxyl groups excluding tert-OH is 1. The van der Waals surface area contributed by atoms with E-state index in [-0.39, 0.29) is 17.9 Å². The van der Waals surface area contributed by atoms with E-state index in [1.54, 1.807) is 21.7 Å². The number of fused-ring (bicyclic) bond motifs is 1. The van der Waals surface area contributed by atoms with Crippen molar-refractivity contribution in [3.8, 4) is 5.75 Å². The summed E-state index contributed by atoms with van der Waals surface area (Å²) in [7, 11) is 1.54. The zero-order valence-electron chi connectivity index (χ0n) is 16.9. The molecule has 1 aromatic carbocycles. The average Bonchev–Trinajstić information content (AvgIpc) is 3.16. The first kappa shape index (κ1) is 20.4. The second-order valence-electron chi connectivity index (χ2n) is 7.57. The Morgan fingerprint density at radius 2 is 2.23 bits per heavy atom. The van der Waals surface area contributed by atoms with Crippen LogP contribution in [0.15, 0.2) is 36.5 Å². The van der Waals surface area contributed by atoms with Gasteiger partial charge in [0.25, 0.3) is 5.91 Å². The van der Waals surface area contributed by atoms with Gasteiger partial charge in [0.1, 0.15) is 0 Å². The quantitative estimate of drug-likeness (QED) is 0.648. The summed E-state index contributed by atoms with van der Waals surface area (Å²) in [4.78, 5) is 19.3. The molecule has 4 rings (SSSR count). The van der Waals surface area contributed by atoms with Gasteiger partial charge in [0.15, 0.2) is 11.4 Å². The number of methoxy groups -OCH3 is 1. The van der Waals surface area contributed by atoms with E-state index in [1.165, 1.54) is 7.11 Å². The number of benzene rings is 1. The Bertz CT molecular complexity index is 1070. The number of carbonyl (C=O) groups excluding carboxylic acids is 1. The molecule has 30 heavy (non-hydrogen) atoms. The number of piperidine rings is 1. The van der Waals surface area contributed by atoms with Gasteiger partial charge in [-0.3, -0.25) is 4.79 Å². The fraction of sp³-hybridized carbons (Fsp3) is 0.381. The average molecular weight is 430 g/mol.